The molecule has 0 radical (unpaired) electrons. The number of hydrogen-bond acceptors (Lipinski definition) is 1. The fourth-order valence-electron chi connectivity index (χ4n) is 1.40. The lowest BCUT2D eigenvalue weighted by Crippen LogP contribution is -1.93. The molecule has 0 aliphatic heterocycles. The van der Waals surface area contributed by atoms with Crippen LogP contribution in [-0.4, -0.2) is 0 Å². The van der Waals surface area contributed by atoms with Crippen LogP contribution in [0.2, 0.25) is 5.02 Å². The summed E-state index contributed by atoms with van der Waals surface area (Å²) < 4.78 is 0. The SMILES string of the molecule is Clc1ccc(CC(Cl)c2ccsc2)cc1. The third-order valence-electron chi connectivity index (χ3n) is 2.23. The predicted molar refractivity (Wildman–Crippen MR) is 68.1 cm³/mol. The maximum absolute atomic E-state index is 6.30. The molecule has 0 aliphatic rings. The topological polar surface area (TPSA) is 0 Å². The molecule has 3 heteroatoms. The van der Waals surface area contributed by atoms with Gasteiger partial charge in [0.1, 0.15) is 0 Å². The van der Waals surface area contributed by atoms with Crippen LogP contribution in [0.1, 0.15) is 16.5 Å². The van der Waals surface area contributed by atoms with Crippen molar-refractivity contribution >= 4 is 34.5 Å². The van der Waals surface area contributed by atoms with Gasteiger partial charge >= 0.3 is 0 Å². The third-order valence-corrected chi connectivity index (χ3v) is 3.59. The second-order valence-corrected chi connectivity index (χ2v) is 5.10. The van der Waals surface area contributed by atoms with Crippen LogP contribution in [0.4, 0.5) is 0 Å². The summed E-state index contributed by atoms with van der Waals surface area (Å²) in [5.41, 5.74) is 2.40. The first-order valence-electron chi connectivity index (χ1n) is 4.66. The first kappa shape index (κ1) is 11.0. The number of halogens is 2. The standard InChI is InChI=1S/C12H10Cl2S/c13-11-3-1-9(2-4-11)7-12(14)10-5-6-15-8-10/h1-6,8,12H,7H2. The number of alkyl halides is 1. The summed E-state index contributed by atoms with van der Waals surface area (Å²) >= 11 is 13.8. The van der Waals surface area contributed by atoms with E-state index in [1.807, 2.05) is 29.6 Å². The average Bonchev–Trinajstić information content (AvgIpc) is 2.74. The summed E-state index contributed by atoms with van der Waals surface area (Å²) in [5, 5.41) is 4.96. The van der Waals surface area contributed by atoms with Crippen LogP contribution in [0, 0.1) is 0 Å². The summed E-state index contributed by atoms with van der Waals surface area (Å²) in [6.45, 7) is 0. The van der Waals surface area contributed by atoms with E-state index >= 15 is 0 Å². The Labute approximate surface area is 103 Å². The Morgan fingerprint density at radius 2 is 1.87 bits per heavy atom. The summed E-state index contributed by atoms with van der Waals surface area (Å²) in [6, 6.07) is 9.90. The molecule has 0 N–H and O–H groups in total. The van der Waals surface area contributed by atoms with Gasteiger partial charge in [-0.2, -0.15) is 11.3 Å². The molecule has 15 heavy (non-hydrogen) atoms. The second-order valence-electron chi connectivity index (χ2n) is 3.35. The van der Waals surface area contributed by atoms with Crippen molar-refractivity contribution in [2.24, 2.45) is 0 Å². The van der Waals surface area contributed by atoms with Crippen molar-refractivity contribution in [2.75, 3.05) is 0 Å². The van der Waals surface area contributed by atoms with Gasteiger partial charge in [-0.05, 0) is 46.5 Å². The molecule has 0 nitrogen and oxygen atoms in total. The molecular weight excluding hydrogens is 247 g/mol. The molecule has 0 saturated carbocycles. The molecule has 1 atom stereocenters. The number of thiophene rings is 1. The third kappa shape index (κ3) is 2.97. The Morgan fingerprint density at radius 1 is 1.13 bits per heavy atom. The highest BCUT2D eigenvalue weighted by molar-refractivity contribution is 7.08. The minimum Gasteiger partial charge on any atom is -0.152 e. The van der Waals surface area contributed by atoms with Crippen molar-refractivity contribution in [3.8, 4) is 0 Å². The molecule has 0 saturated heterocycles. The molecule has 2 rings (SSSR count). The van der Waals surface area contributed by atoms with Crippen molar-refractivity contribution in [3.63, 3.8) is 0 Å². The van der Waals surface area contributed by atoms with E-state index in [1.165, 1.54) is 11.1 Å². The van der Waals surface area contributed by atoms with Gasteiger partial charge in [0.15, 0.2) is 0 Å². The zero-order valence-electron chi connectivity index (χ0n) is 7.99. The van der Waals surface area contributed by atoms with Crippen LogP contribution < -0.4 is 0 Å². The molecule has 0 amide bonds. The van der Waals surface area contributed by atoms with E-state index in [1.54, 1.807) is 11.3 Å². The highest BCUT2D eigenvalue weighted by Gasteiger charge is 2.08. The molecule has 0 aliphatic carbocycles. The molecule has 0 fully saturated rings. The van der Waals surface area contributed by atoms with Gasteiger partial charge in [0.2, 0.25) is 0 Å². The lowest BCUT2D eigenvalue weighted by atomic mass is 10.1. The number of rotatable bonds is 3. The van der Waals surface area contributed by atoms with E-state index < -0.39 is 0 Å². The molecule has 2 aromatic rings. The van der Waals surface area contributed by atoms with Crippen LogP contribution >= 0.6 is 34.5 Å². The first-order chi connectivity index (χ1) is 7.25. The Hall–Kier alpha value is -0.500. The molecule has 78 valence electrons. The van der Waals surface area contributed by atoms with Crippen LogP contribution in [0.5, 0.6) is 0 Å². The normalized spacial score (nSPS) is 12.7. The first-order valence-corrected chi connectivity index (χ1v) is 6.42. The molecule has 0 bridgehead atoms. The van der Waals surface area contributed by atoms with Gasteiger partial charge in [-0.1, -0.05) is 23.7 Å². The van der Waals surface area contributed by atoms with E-state index in [2.05, 4.69) is 11.4 Å². The Balaban J connectivity index is 2.06. The molecule has 1 heterocycles. The van der Waals surface area contributed by atoms with Crippen molar-refractivity contribution < 1.29 is 0 Å². The fourth-order valence-corrected chi connectivity index (χ4v) is 2.63. The van der Waals surface area contributed by atoms with Gasteiger partial charge in [-0.25, -0.2) is 0 Å². The maximum atomic E-state index is 6.30. The predicted octanol–water partition coefficient (Wildman–Crippen LogP) is 4.92. The van der Waals surface area contributed by atoms with Crippen LogP contribution in [0.15, 0.2) is 41.1 Å². The van der Waals surface area contributed by atoms with E-state index in [4.69, 9.17) is 23.2 Å². The Kier molecular flexibility index (Phi) is 3.68. The van der Waals surface area contributed by atoms with Gasteiger partial charge in [-0.3, -0.25) is 0 Å². The average molecular weight is 257 g/mol. The van der Waals surface area contributed by atoms with Crippen molar-refractivity contribution in [1.82, 2.24) is 0 Å². The van der Waals surface area contributed by atoms with E-state index in [9.17, 15) is 0 Å². The lowest BCUT2D eigenvalue weighted by Gasteiger charge is -2.07. The van der Waals surface area contributed by atoms with Crippen molar-refractivity contribution in [1.29, 1.82) is 0 Å². The molecule has 0 spiro atoms. The smallest absolute Gasteiger partial charge is 0.0633 e. The van der Waals surface area contributed by atoms with Crippen molar-refractivity contribution in [2.45, 2.75) is 11.8 Å². The van der Waals surface area contributed by atoms with Crippen LogP contribution in [0.25, 0.3) is 0 Å². The van der Waals surface area contributed by atoms with Gasteiger partial charge in [0.25, 0.3) is 0 Å². The zero-order valence-corrected chi connectivity index (χ0v) is 10.3. The number of benzene rings is 1. The van der Waals surface area contributed by atoms with Gasteiger partial charge in [-0.15, -0.1) is 11.6 Å². The largest absolute Gasteiger partial charge is 0.152 e. The summed E-state index contributed by atoms with van der Waals surface area (Å²) in [7, 11) is 0. The minimum absolute atomic E-state index is 0.0532. The monoisotopic (exact) mass is 256 g/mol. The lowest BCUT2D eigenvalue weighted by molar-refractivity contribution is 0.925. The quantitative estimate of drug-likeness (QED) is 0.684. The van der Waals surface area contributed by atoms with E-state index in [0.29, 0.717) is 0 Å². The highest BCUT2D eigenvalue weighted by Crippen LogP contribution is 2.27. The molecule has 1 aromatic carbocycles. The van der Waals surface area contributed by atoms with E-state index in [-0.39, 0.29) is 5.38 Å². The van der Waals surface area contributed by atoms with Crippen LogP contribution in [-0.2, 0) is 6.42 Å². The van der Waals surface area contributed by atoms with Crippen LogP contribution in [0.3, 0.4) is 0 Å². The highest BCUT2D eigenvalue weighted by atomic mass is 35.5. The summed E-state index contributed by atoms with van der Waals surface area (Å²) in [4.78, 5) is 0. The maximum Gasteiger partial charge on any atom is 0.0633 e. The summed E-state index contributed by atoms with van der Waals surface area (Å²) in [6.07, 6.45) is 0.843. The number of hydrogen-bond donors (Lipinski definition) is 0. The zero-order chi connectivity index (χ0) is 10.7. The fraction of sp³-hybridized carbons (Fsp3) is 0.167. The van der Waals surface area contributed by atoms with Gasteiger partial charge in [0.05, 0.1) is 5.38 Å². The Morgan fingerprint density at radius 3 is 2.47 bits per heavy atom. The Bertz CT molecular complexity index is 406. The minimum atomic E-state index is 0.0532. The molecule has 1 aromatic heterocycles. The molecular formula is C12H10Cl2S. The van der Waals surface area contributed by atoms with Crippen molar-refractivity contribution in [3.05, 3.63) is 57.2 Å². The van der Waals surface area contributed by atoms with Gasteiger partial charge < -0.3 is 0 Å². The second kappa shape index (κ2) is 5.02. The summed E-state index contributed by atoms with van der Waals surface area (Å²) in [5.74, 6) is 0. The van der Waals surface area contributed by atoms with E-state index in [0.717, 1.165) is 11.4 Å². The molecule has 1 unspecified atom stereocenters. The van der Waals surface area contributed by atoms with Gasteiger partial charge in [0, 0.05) is 5.02 Å².